The van der Waals surface area contributed by atoms with E-state index in [1.165, 1.54) is 0 Å². The summed E-state index contributed by atoms with van der Waals surface area (Å²) in [7, 11) is 0. The van der Waals surface area contributed by atoms with Crippen LogP contribution in [0.15, 0.2) is 30.3 Å². The van der Waals surface area contributed by atoms with Crippen LogP contribution in [-0.4, -0.2) is 24.9 Å². The van der Waals surface area contributed by atoms with Gasteiger partial charge >= 0.3 is 0 Å². The summed E-state index contributed by atoms with van der Waals surface area (Å²) in [5, 5.41) is 2.87. The summed E-state index contributed by atoms with van der Waals surface area (Å²) in [5.41, 5.74) is 0.535. The Morgan fingerprint density at radius 1 is 1.14 bits per heavy atom. The van der Waals surface area contributed by atoms with Gasteiger partial charge in [0.25, 0.3) is 0 Å². The largest absolute Gasteiger partial charge is 0.356 e. The molecule has 0 atom stereocenters. The Hall–Kier alpha value is -1.84. The molecular weight excluding hydrogens is 264 g/mol. The van der Waals surface area contributed by atoms with E-state index in [2.05, 4.69) is 5.32 Å². The lowest BCUT2D eigenvalue weighted by Crippen LogP contribution is -2.36. The molecule has 4 heteroatoms. The van der Waals surface area contributed by atoms with E-state index < -0.39 is 0 Å². The Morgan fingerprint density at radius 3 is 2.29 bits per heavy atom. The molecule has 4 nitrogen and oxygen atoms in total. The van der Waals surface area contributed by atoms with Gasteiger partial charge in [0.15, 0.2) is 0 Å². The second kappa shape index (κ2) is 7.81. The Balaban J connectivity index is 2.41. The number of carbonyl (C=O) groups is 2. The van der Waals surface area contributed by atoms with Crippen molar-refractivity contribution in [1.29, 1.82) is 0 Å². The number of amides is 2. The molecule has 0 aliphatic carbocycles. The van der Waals surface area contributed by atoms with E-state index in [1.807, 2.05) is 58.0 Å². The van der Waals surface area contributed by atoms with Crippen LogP contribution in [-0.2, 0) is 9.59 Å². The molecule has 0 aromatic heterocycles. The second-order valence-corrected chi connectivity index (χ2v) is 6.08. The molecule has 1 aromatic carbocycles. The first-order chi connectivity index (χ1) is 9.86. The minimum Gasteiger partial charge on any atom is -0.356 e. The van der Waals surface area contributed by atoms with Crippen LogP contribution in [0.3, 0.4) is 0 Å². The number of hydrogen-bond acceptors (Lipinski definition) is 2. The number of para-hydroxylation sites is 1. The van der Waals surface area contributed by atoms with Crippen molar-refractivity contribution in [2.24, 2.45) is 5.41 Å². The fourth-order valence-corrected chi connectivity index (χ4v) is 1.95. The Morgan fingerprint density at radius 2 is 1.76 bits per heavy atom. The minimum atomic E-state index is -0.385. The topological polar surface area (TPSA) is 49.4 Å². The third kappa shape index (κ3) is 5.58. The van der Waals surface area contributed by atoms with Gasteiger partial charge in [0.05, 0.1) is 0 Å². The summed E-state index contributed by atoms with van der Waals surface area (Å²) in [6.07, 6.45) is 1.09. The molecule has 116 valence electrons. The van der Waals surface area contributed by atoms with Crippen LogP contribution < -0.4 is 10.2 Å². The lowest BCUT2D eigenvalue weighted by molar-refractivity contribution is -0.128. The van der Waals surface area contributed by atoms with Crippen molar-refractivity contribution in [2.75, 3.05) is 18.0 Å². The molecule has 0 heterocycles. The van der Waals surface area contributed by atoms with Crippen molar-refractivity contribution in [3.63, 3.8) is 0 Å². The van der Waals surface area contributed by atoms with Gasteiger partial charge in [-0.3, -0.25) is 9.59 Å². The molecular formula is C17H26N2O2. The van der Waals surface area contributed by atoms with E-state index >= 15 is 0 Å². The number of anilines is 1. The van der Waals surface area contributed by atoms with Crippen molar-refractivity contribution in [2.45, 2.75) is 40.5 Å². The molecule has 1 aromatic rings. The first kappa shape index (κ1) is 17.2. The second-order valence-electron chi connectivity index (χ2n) is 6.08. The minimum absolute atomic E-state index is 0.0188. The summed E-state index contributed by atoms with van der Waals surface area (Å²) < 4.78 is 0. The van der Waals surface area contributed by atoms with Crippen LogP contribution in [0.25, 0.3) is 0 Å². The smallest absolute Gasteiger partial charge is 0.227 e. The maximum absolute atomic E-state index is 12.2. The molecule has 0 saturated carbocycles. The van der Waals surface area contributed by atoms with Crippen LogP contribution in [0.1, 0.15) is 40.5 Å². The molecule has 0 unspecified atom stereocenters. The highest BCUT2D eigenvalue weighted by atomic mass is 16.2. The van der Waals surface area contributed by atoms with Crippen molar-refractivity contribution in [3.05, 3.63) is 30.3 Å². The zero-order valence-electron chi connectivity index (χ0n) is 13.5. The molecule has 0 aliphatic rings. The fourth-order valence-electron chi connectivity index (χ4n) is 1.95. The average Bonchev–Trinajstić information content (AvgIpc) is 2.44. The van der Waals surface area contributed by atoms with Gasteiger partial charge in [-0.05, 0) is 25.5 Å². The van der Waals surface area contributed by atoms with Crippen molar-refractivity contribution >= 4 is 17.5 Å². The third-order valence-electron chi connectivity index (χ3n) is 3.22. The SMILES string of the molecule is CCN(C(=O)CCCNC(=O)C(C)(C)C)c1ccccc1. The van der Waals surface area contributed by atoms with Crippen LogP contribution in [0.5, 0.6) is 0 Å². The zero-order valence-corrected chi connectivity index (χ0v) is 13.5. The summed E-state index contributed by atoms with van der Waals surface area (Å²) in [6, 6.07) is 9.65. The van der Waals surface area contributed by atoms with E-state index in [1.54, 1.807) is 4.90 Å². The van der Waals surface area contributed by atoms with Gasteiger partial charge < -0.3 is 10.2 Å². The number of carbonyl (C=O) groups excluding carboxylic acids is 2. The van der Waals surface area contributed by atoms with Gasteiger partial charge in [-0.15, -0.1) is 0 Å². The van der Waals surface area contributed by atoms with E-state index in [0.29, 0.717) is 25.9 Å². The predicted molar refractivity (Wildman–Crippen MR) is 86.2 cm³/mol. The maximum atomic E-state index is 12.2. The van der Waals surface area contributed by atoms with Gasteiger partial charge in [-0.1, -0.05) is 39.0 Å². The third-order valence-corrected chi connectivity index (χ3v) is 3.22. The molecule has 2 amide bonds. The number of benzene rings is 1. The molecule has 0 saturated heterocycles. The summed E-state index contributed by atoms with van der Waals surface area (Å²) in [6.45, 7) is 8.78. The highest BCUT2D eigenvalue weighted by Gasteiger charge is 2.20. The van der Waals surface area contributed by atoms with Crippen LogP contribution >= 0.6 is 0 Å². The molecule has 0 fully saturated rings. The summed E-state index contributed by atoms with van der Waals surface area (Å²) in [5.74, 6) is 0.110. The normalized spacial score (nSPS) is 11.0. The Bertz CT molecular complexity index is 463. The summed E-state index contributed by atoms with van der Waals surface area (Å²) >= 11 is 0. The maximum Gasteiger partial charge on any atom is 0.227 e. The van der Waals surface area contributed by atoms with Crippen LogP contribution in [0.2, 0.25) is 0 Å². The average molecular weight is 290 g/mol. The van der Waals surface area contributed by atoms with E-state index in [9.17, 15) is 9.59 Å². The fraction of sp³-hybridized carbons (Fsp3) is 0.529. The van der Waals surface area contributed by atoms with Gasteiger partial charge in [0.2, 0.25) is 11.8 Å². The highest BCUT2D eigenvalue weighted by Crippen LogP contribution is 2.15. The number of hydrogen-bond donors (Lipinski definition) is 1. The van der Waals surface area contributed by atoms with Gasteiger partial charge in [0.1, 0.15) is 0 Å². The van der Waals surface area contributed by atoms with Gasteiger partial charge in [-0.25, -0.2) is 0 Å². The van der Waals surface area contributed by atoms with Crippen LogP contribution in [0, 0.1) is 5.41 Å². The molecule has 0 radical (unpaired) electrons. The molecule has 0 aliphatic heterocycles. The van der Waals surface area contributed by atoms with Crippen LogP contribution in [0.4, 0.5) is 5.69 Å². The summed E-state index contributed by atoms with van der Waals surface area (Å²) in [4.78, 5) is 25.7. The van der Waals surface area contributed by atoms with Gasteiger partial charge in [0, 0.05) is 30.6 Å². The first-order valence-electron chi connectivity index (χ1n) is 7.50. The number of nitrogens with one attached hydrogen (secondary N) is 1. The van der Waals surface area contributed by atoms with Crippen molar-refractivity contribution < 1.29 is 9.59 Å². The Labute approximate surface area is 127 Å². The van der Waals surface area contributed by atoms with Gasteiger partial charge in [-0.2, -0.15) is 0 Å². The van der Waals surface area contributed by atoms with Crippen molar-refractivity contribution in [3.8, 4) is 0 Å². The first-order valence-corrected chi connectivity index (χ1v) is 7.50. The lowest BCUT2D eigenvalue weighted by Gasteiger charge is -2.21. The molecule has 1 rings (SSSR count). The monoisotopic (exact) mass is 290 g/mol. The van der Waals surface area contributed by atoms with Crippen molar-refractivity contribution in [1.82, 2.24) is 5.32 Å². The van der Waals surface area contributed by atoms with E-state index in [-0.39, 0.29) is 17.2 Å². The quantitative estimate of drug-likeness (QED) is 0.819. The predicted octanol–water partition coefficient (Wildman–Crippen LogP) is 2.98. The van der Waals surface area contributed by atoms with E-state index in [0.717, 1.165) is 5.69 Å². The number of rotatable bonds is 6. The molecule has 0 spiro atoms. The molecule has 21 heavy (non-hydrogen) atoms. The molecule has 0 bridgehead atoms. The Kier molecular flexibility index (Phi) is 6.40. The lowest BCUT2D eigenvalue weighted by atomic mass is 9.96. The molecule has 1 N–H and O–H groups in total. The number of nitrogens with zero attached hydrogens (tertiary/aromatic N) is 1. The highest BCUT2D eigenvalue weighted by molar-refractivity contribution is 5.93. The van der Waals surface area contributed by atoms with E-state index in [4.69, 9.17) is 0 Å². The zero-order chi connectivity index (χ0) is 15.9. The standard InChI is InChI=1S/C17H26N2O2/c1-5-19(14-10-7-6-8-11-14)15(20)12-9-13-18-16(21)17(2,3)4/h6-8,10-11H,5,9,12-13H2,1-4H3,(H,18,21).